The molecular formula is C25H36N6O. The molecular weight excluding hydrogens is 400 g/mol. The van der Waals surface area contributed by atoms with Crippen LogP contribution >= 0.6 is 0 Å². The molecule has 0 saturated carbocycles. The summed E-state index contributed by atoms with van der Waals surface area (Å²) in [6, 6.07) is 4.32. The summed E-state index contributed by atoms with van der Waals surface area (Å²) in [7, 11) is 0. The van der Waals surface area contributed by atoms with Crippen LogP contribution in [0.25, 0.3) is 11.0 Å². The quantitative estimate of drug-likeness (QED) is 0.563. The highest BCUT2D eigenvalue weighted by Crippen LogP contribution is 2.49. The van der Waals surface area contributed by atoms with Crippen molar-refractivity contribution in [1.82, 2.24) is 30.0 Å². The molecule has 3 aromatic heterocycles. The van der Waals surface area contributed by atoms with Crippen LogP contribution in [-0.2, 0) is 16.7 Å². The lowest BCUT2D eigenvalue weighted by Gasteiger charge is -2.46. The summed E-state index contributed by atoms with van der Waals surface area (Å²) in [6.07, 6.45) is 8.49. The summed E-state index contributed by atoms with van der Waals surface area (Å²) in [5, 5.41) is 7.00. The average Bonchev–Trinajstić information content (AvgIpc) is 3.40. The number of fused-ring (bicyclic) bond motifs is 1. The topological polar surface area (TPSA) is 79.8 Å². The number of hydrogen-bond acceptors (Lipinski definition) is 6. The molecule has 3 aromatic rings. The fourth-order valence-corrected chi connectivity index (χ4v) is 5.12. The first kappa shape index (κ1) is 22.8. The van der Waals surface area contributed by atoms with Crippen molar-refractivity contribution < 1.29 is 4.74 Å². The lowest BCUT2D eigenvalue weighted by atomic mass is 9.69. The number of likely N-dealkylation sites (tertiary alicyclic amines) is 1. The van der Waals surface area contributed by atoms with Crippen LogP contribution in [0.2, 0.25) is 0 Å². The first-order valence-corrected chi connectivity index (χ1v) is 11.6. The Morgan fingerprint density at radius 2 is 1.94 bits per heavy atom. The molecule has 1 fully saturated rings. The highest BCUT2D eigenvalue weighted by atomic mass is 16.5. The van der Waals surface area contributed by atoms with Crippen molar-refractivity contribution in [1.29, 1.82) is 0 Å². The van der Waals surface area contributed by atoms with E-state index in [2.05, 4.69) is 71.8 Å². The van der Waals surface area contributed by atoms with E-state index in [0.717, 1.165) is 54.9 Å². The van der Waals surface area contributed by atoms with Crippen LogP contribution in [0.5, 0.6) is 0 Å². The van der Waals surface area contributed by atoms with Crippen LogP contribution in [0, 0.1) is 12.3 Å². The van der Waals surface area contributed by atoms with Crippen molar-refractivity contribution in [2.24, 2.45) is 5.41 Å². The first-order valence-electron chi connectivity index (χ1n) is 11.6. The van der Waals surface area contributed by atoms with E-state index in [1.165, 1.54) is 5.56 Å². The van der Waals surface area contributed by atoms with Crippen LogP contribution in [0.1, 0.15) is 64.5 Å². The van der Waals surface area contributed by atoms with Gasteiger partial charge in [0.2, 0.25) is 0 Å². The van der Waals surface area contributed by atoms with E-state index in [-0.39, 0.29) is 16.6 Å². The Morgan fingerprint density at radius 3 is 2.66 bits per heavy atom. The van der Waals surface area contributed by atoms with Crippen molar-refractivity contribution in [3.05, 3.63) is 47.8 Å². The fourth-order valence-electron chi connectivity index (χ4n) is 5.12. The van der Waals surface area contributed by atoms with Crippen molar-refractivity contribution in [3.8, 4) is 0 Å². The van der Waals surface area contributed by atoms with Gasteiger partial charge in [-0.15, -0.1) is 0 Å². The number of pyridine rings is 1. The normalized spacial score (nSPS) is 20.3. The van der Waals surface area contributed by atoms with Crippen molar-refractivity contribution in [3.63, 3.8) is 0 Å². The van der Waals surface area contributed by atoms with Gasteiger partial charge in [0.05, 0.1) is 18.0 Å². The zero-order valence-corrected chi connectivity index (χ0v) is 20.3. The molecule has 172 valence electrons. The number of ether oxygens (including phenoxy) is 1. The summed E-state index contributed by atoms with van der Waals surface area (Å²) in [5.74, 6) is 0.867. The molecule has 32 heavy (non-hydrogen) atoms. The Balaban J connectivity index is 1.58. The third kappa shape index (κ3) is 4.16. The molecule has 0 aromatic carbocycles. The predicted octanol–water partition coefficient (Wildman–Crippen LogP) is 4.43. The molecule has 1 N–H and O–H groups in total. The standard InChI is InChI=1S/C25H36N6O/c1-7-32-24(5,6)25(11-10-22-27-15-21-20(29-22)16-28-30-21)12-13-31(17-25)23(3,4)19-9-8-18(2)26-14-19/h8-9,14-16H,7,10-13,17H2,1-6H3,(H,28,30)/t25-/m1/s1. The van der Waals surface area contributed by atoms with Gasteiger partial charge < -0.3 is 4.74 Å². The van der Waals surface area contributed by atoms with E-state index in [0.29, 0.717) is 6.61 Å². The second kappa shape index (κ2) is 8.52. The van der Waals surface area contributed by atoms with Gasteiger partial charge >= 0.3 is 0 Å². The number of aromatic nitrogens is 5. The van der Waals surface area contributed by atoms with E-state index < -0.39 is 0 Å². The van der Waals surface area contributed by atoms with Crippen LogP contribution in [0.15, 0.2) is 30.7 Å². The second-order valence-electron chi connectivity index (χ2n) is 10.1. The largest absolute Gasteiger partial charge is 0.375 e. The minimum atomic E-state index is -0.252. The van der Waals surface area contributed by atoms with Gasteiger partial charge in [-0.25, -0.2) is 9.97 Å². The van der Waals surface area contributed by atoms with Gasteiger partial charge in [0.1, 0.15) is 16.9 Å². The lowest BCUT2D eigenvalue weighted by molar-refractivity contribution is -0.109. The molecule has 0 aliphatic carbocycles. The summed E-state index contributed by atoms with van der Waals surface area (Å²) in [4.78, 5) is 16.4. The van der Waals surface area contributed by atoms with Gasteiger partial charge in [-0.1, -0.05) is 6.07 Å². The zero-order chi connectivity index (χ0) is 23.0. The maximum absolute atomic E-state index is 6.35. The van der Waals surface area contributed by atoms with Gasteiger partial charge in [0, 0.05) is 42.4 Å². The number of hydrogen-bond donors (Lipinski definition) is 1. The van der Waals surface area contributed by atoms with Crippen molar-refractivity contribution in [2.75, 3.05) is 19.7 Å². The molecule has 1 aliphatic heterocycles. The van der Waals surface area contributed by atoms with E-state index in [1.54, 1.807) is 6.20 Å². The Hall–Kier alpha value is -2.38. The van der Waals surface area contributed by atoms with Crippen LogP contribution in [0.4, 0.5) is 0 Å². The lowest BCUT2D eigenvalue weighted by Crippen LogP contribution is -2.50. The molecule has 1 saturated heterocycles. The summed E-state index contributed by atoms with van der Waals surface area (Å²) in [5.41, 5.74) is 3.70. The fraction of sp³-hybridized carbons (Fsp3) is 0.600. The summed E-state index contributed by atoms with van der Waals surface area (Å²) in [6.45, 7) is 15.9. The highest BCUT2D eigenvalue weighted by Gasteiger charge is 2.52. The SMILES string of the molecule is CCOC(C)(C)[C@]1(CCc2ncc3[nH]ncc3n2)CCN(C(C)(C)c2ccc(C)nc2)C1. The minimum absolute atomic E-state index is 0.00706. The third-order valence-corrected chi connectivity index (χ3v) is 7.61. The Kier molecular flexibility index (Phi) is 6.07. The van der Waals surface area contributed by atoms with Gasteiger partial charge in [-0.3, -0.25) is 15.0 Å². The molecule has 4 rings (SSSR count). The van der Waals surface area contributed by atoms with Crippen molar-refractivity contribution >= 4 is 11.0 Å². The Morgan fingerprint density at radius 1 is 1.12 bits per heavy atom. The Labute approximate surface area is 191 Å². The van der Waals surface area contributed by atoms with Crippen LogP contribution in [0.3, 0.4) is 0 Å². The van der Waals surface area contributed by atoms with E-state index >= 15 is 0 Å². The molecule has 1 atom stereocenters. The van der Waals surface area contributed by atoms with Gasteiger partial charge in [0.25, 0.3) is 0 Å². The van der Waals surface area contributed by atoms with Gasteiger partial charge in [-0.05, 0) is 72.6 Å². The second-order valence-corrected chi connectivity index (χ2v) is 10.1. The molecule has 7 nitrogen and oxygen atoms in total. The number of aryl methyl sites for hydroxylation is 2. The smallest absolute Gasteiger partial charge is 0.129 e. The molecule has 0 unspecified atom stereocenters. The average molecular weight is 437 g/mol. The number of rotatable bonds is 8. The molecule has 1 aliphatic rings. The summed E-state index contributed by atoms with van der Waals surface area (Å²) < 4.78 is 6.35. The molecule has 0 amide bonds. The van der Waals surface area contributed by atoms with Gasteiger partial charge in [0.15, 0.2) is 0 Å². The first-order chi connectivity index (χ1) is 15.2. The molecule has 4 heterocycles. The maximum atomic E-state index is 6.35. The molecule has 0 spiro atoms. The van der Waals surface area contributed by atoms with E-state index in [1.807, 2.05) is 19.3 Å². The van der Waals surface area contributed by atoms with Crippen molar-refractivity contribution in [2.45, 2.75) is 71.9 Å². The van der Waals surface area contributed by atoms with E-state index in [9.17, 15) is 0 Å². The maximum Gasteiger partial charge on any atom is 0.129 e. The zero-order valence-electron chi connectivity index (χ0n) is 20.3. The number of aromatic amines is 1. The summed E-state index contributed by atoms with van der Waals surface area (Å²) >= 11 is 0. The molecule has 0 radical (unpaired) electrons. The molecule has 0 bridgehead atoms. The minimum Gasteiger partial charge on any atom is -0.375 e. The number of nitrogens with one attached hydrogen (secondary N) is 1. The number of nitrogens with zero attached hydrogens (tertiary/aromatic N) is 5. The third-order valence-electron chi connectivity index (χ3n) is 7.61. The molecule has 7 heteroatoms. The van der Waals surface area contributed by atoms with Crippen LogP contribution < -0.4 is 0 Å². The highest BCUT2D eigenvalue weighted by molar-refractivity contribution is 5.71. The Bertz CT molecular complexity index is 1060. The monoisotopic (exact) mass is 436 g/mol. The van der Waals surface area contributed by atoms with Gasteiger partial charge in [-0.2, -0.15) is 5.10 Å². The van der Waals surface area contributed by atoms with Crippen LogP contribution in [-0.4, -0.2) is 55.3 Å². The predicted molar refractivity (Wildman–Crippen MR) is 126 cm³/mol. The van der Waals surface area contributed by atoms with E-state index in [4.69, 9.17) is 9.72 Å². The number of H-pyrrole nitrogens is 1.